The van der Waals surface area contributed by atoms with Gasteiger partial charge in [0.05, 0.1) is 5.39 Å². The van der Waals surface area contributed by atoms with Crippen molar-refractivity contribution in [1.29, 1.82) is 0 Å². The quantitative estimate of drug-likeness (QED) is 0.711. The van der Waals surface area contributed by atoms with E-state index in [2.05, 4.69) is 9.97 Å². The number of benzene rings is 1. The summed E-state index contributed by atoms with van der Waals surface area (Å²) in [6.45, 7) is 0. The average Bonchev–Trinajstić information content (AvgIpc) is 3.02. The van der Waals surface area contributed by atoms with Gasteiger partial charge in [0.1, 0.15) is 22.7 Å². The van der Waals surface area contributed by atoms with Gasteiger partial charge in [-0.15, -0.1) is 11.3 Å². The number of hydrogen-bond donors (Lipinski definition) is 0. The molecule has 1 aliphatic carbocycles. The summed E-state index contributed by atoms with van der Waals surface area (Å²) < 4.78 is 18.7. The SMILES string of the molecule is Fc1ccc(Oc2ncnc3sc4c(c23)CCC4)cc1. The van der Waals surface area contributed by atoms with E-state index in [1.54, 1.807) is 23.5 Å². The molecule has 0 amide bonds. The predicted octanol–water partition coefficient (Wildman–Crippen LogP) is 4.11. The molecular formula is C15H11FN2OS. The number of aromatic nitrogens is 2. The Morgan fingerprint density at radius 2 is 1.95 bits per heavy atom. The van der Waals surface area contributed by atoms with E-state index >= 15 is 0 Å². The molecule has 0 radical (unpaired) electrons. The highest BCUT2D eigenvalue weighted by atomic mass is 32.1. The van der Waals surface area contributed by atoms with E-state index in [9.17, 15) is 4.39 Å². The Morgan fingerprint density at radius 1 is 1.10 bits per heavy atom. The predicted molar refractivity (Wildman–Crippen MR) is 75.9 cm³/mol. The van der Waals surface area contributed by atoms with Crippen LogP contribution in [0.3, 0.4) is 0 Å². The normalized spacial score (nSPS) is 13.7. The smallest absolute Gasteiger partial charge is 0.231 e. The monoisotopic (exact) mass is 286 g/mol. The summed E-state index contributed by atoms with van der Waals surface area (Å²) in [5.74, 6) is 0.881. The zero-order valence-corrected chi connectivity index (χ0v) is 11.4. The number of aryl methyl sites for hydroxylation is 2. The first kappa shape index (κ1) is 11.8. The minimum Gasteiger partial charge on any atom is -0.438 e. The van der Waals surface area contributed by atoms with Crippen molar-refractivity contribution in [3.8, 4) is 11.6 Å². The molecule has 0 aliphatic heterocycles. The third-order valence-corrected chi connectivity index (χ3v) is 4.69. The highest BCUT2D eigenvalue weighted by Gasteiger charge is 2.22. The molecular weight excluding hydrogens is 275 g/mol. The second kappa shape index (κ2) is 4.52. The van der Waals surface area contributed by atoms with Gasteiger partial charge in [0.25, 0.3) is 0 Å². The Balaban J connectivity index is 1.81. The van der Waals surface area contributed by atoms with Gasteiger partial charge >= 0.3 is 0 Å². The van der Waals surface area contributed by atoms with Crippen LogP contribution in [-0.2, 0) is 12.8 Å². The van der Waals surface area contributed by atoms with Gasteiger partial charge in [-0.3, -0.25) is 0 Å². The second-order valence-corrected chi connectivity index (χ2v) is 5.86. The second-order valence-electron chi connectivity index (χ2n) is 4.77. The zero-order chi connectivity index (χ0) is 13.5. The van der Waals surface area contributed by atoms with Crippen LogP contribution in [0.15, 0.2) is 30.6 Å². The summed E-state index contributed by atoms with van der Waals surface area (Å²) in [4.78, 5) is 10.9. The fraction of sp³-hybridized carbons (Fsp3) is 0.200. The maximum Gasteiger partial charge on any atom is 0.231 e. The van der Waals surface area contributed by atoms with Crippen LogP contribution in [0.2, 0.25) is 0 Å². The molecule has 4 rings (SSSR count). The van der Waals surface area contributed by atoms with Crippen LogP contribution in [0.4, 0.5) is 4.39 Å². The lowest BCUT2D eigenvalue weighted by Gasteiger charge is -2.06. The van der Waals surface area contributed by atoms with Crippen LogP contribution in [0, 0.1) is 5.82 Å². The lowest BCUT2D eigenvalue weighted by Crippen LogP contribution is -1.91. The molecule has 2 heterocycles. The largest absolute Gasteiger partial charge is 0.438 e. The molecule has 20 heavy (non-hydrogen) atoms. The lowest BCUT2D eigenvalue weighted by molar-refractivity contribution is 0.466. The van der Waals surface area contributed by atoms with Crippen LogP contribution in [0.25, 0.3) is 10.2 Å². The Bertz CT molecular complexity index is 782. The van der Waals surface area contributed by atoms with E-state index in [1.807, 2.05) is 0 Å². The van der Waals surface area contributed by atoms with Gasteiger partial charge in [-0.1, -0.05) is 0 Å². The first-order valence-electron chi connectivity index (χ1n) is 6.50. The highest BCUT2D eigenvalue weighted by Crippen LogP contribution is 2.40. The standard InChI is InChI=1S/C15H11FN2OS/c16-9-4-6-10(7-5-9)19-14-13-11-2-1-3-12(11)20-15(13)18-8-17-14/h4-8H,1-3H2. The molecule has 0 N–H and O–H groups in total. The highest BCUT2D eigenvalue weighted by molar-refractivity contribution is 7.18. The van der Waals surface area contributed by atoms with Gasteiger partial charge in [-0.2, -0.15) is 0 Å². The van der Waals surface area contributed by atoms with Crippen LogP contribution >= 0.6 is 11.3 Å². The molecule has 0 saturated heterocycles. The van der Waals surface area contributed by atoms with Crippen molar-refractivity contribution < 1.29 is 9.13 Å². The van der Waals surface area contributed by atoms with Gasteiger partial charge in [0, 0.05) is 4.88 Å². The molecule has 2 aromatic heterocycles. The Kier molecular flexibility index (Phi) is 2.67. The summed E-state index contributed by atoms with van der Waals surface area (Å²) in [6, 6.07) is 5.98. The molecule has 3 aromatic rings. The van der Waals surface area contributed by atoms with Crippen molar-refractivity contribution in [3.05, 3.63) is 46.9 Å². The average molecular weight is 286 g/mol. The van der Waals surface area contributed by atoms with Crippen LogP contribution in [-0.4, -0.2) is 9.97 Å². The molecule has 3 nitrogen and oxygen atoms in total. The summed E-state index contributed by atoms with van der Waals surface area (Å²) in [6.07, 6.45) is 4.88. The zero-order valence-electron chi connectivity index (χ0n) is 10.6. The van der Waals surface area contributed by atoms with E-state index in [1.165, 1.54) is 35.3 Å². The van der Waals surface area contributed by atoms with E-state index in [4.69, 9.17) is 4.74 Å². The minimum atomic E-state index is -0.276. The number of hydrogen-bond acceptors (Lipinski definition) is 4. The molecule has 0 bridgehead atoms. The fourth-order valence-corrected chi connectivity index (χ4v) is 3.81. The molecule has 0 spiro atoms. The van der Waals surface area contributed by atoms with Crippen LogP contribution in [0.1, 0.15) is 16.9 Å². The topological polar surface area (TPSA) is 35.0 Å². The minimum absolute atomic E-state index is 0.276. The van der Waals surface area contributed by atoms with Gasteiger partial charge in [-0.25, -0.2) is 14.4 Å². The van der Waals surface area contributed by atoms with Gasteiger partial charge in [0.15, 0.2) is 0 Å². The molecule has 1 aromatic carbocycles. The Morgan fingerprint density at radius 3 is 2.80 bits per heavy atom. The van der Waals surface area contributed by atoms with Gasteiger partial charge in [0.2, 0.25) is 5.88 Å². The molecule has 0 unspecified atom stereocenters. The number of ether oxygens (including phenoxy) is 1. The summed E-state index contributed by atoms with van der Waals surface area (Å²) in [5, 5.41) is 1.02. The summed E-state index contributed by atoms with van der Waals surface area (Å²) >= 11 is 1.72. The Labute approximate surface area is 119 Å². The molecule has 1 aliphatic rings. The molecule has 0 fully saturated rings. The summed E-state index contributed by atoms with van der Waals surface area (Å²) in [5.41, 5.74) is 1.32. The molecule has 100 valence electrons. The van der Waals surface area contributed by atoms with E-state index in [-0.39, 0.29) is 5.82 Å². The van der Waals surface area contributed by atoms with Crippen molar-refractivity contribution in [2.24, 2.45) is 0 Å². The van der Waals surface area contributed by atoms with Crippen molar-refractivity contribution >= 4 is 21.6 Å². The van der Waals surface area contributed by atoms with Crippen molar-refractivity contribution in [2.45, 2.75) is 19.3 Å². The van der Waals surface area contributed by atoms with E-state index < -0.39 is 0 Å². The maximum atomic E-state index is 12.9. The number of halogens is 1. The van der Waals surface area contributed by atoms with Crippen molar-refractivity contribution in [1.82, 2.24) is 9.97 Å². The van der Waals surface area contributed by atoms with Crippen LogP contribution in [0.5, 0.6) is 11.6 Å². The van der Waals surface area contributed by atoms with E-state index in [0.29, 0.717) is 11.6 Å². The van der Waals surface area contributed by atoms with Crippen LogP contribution < -0.4 is 4.74 Å². The first-order valence-corrected chi connectivity index (χ1v) is 7.31. The third kappa shape index (κ3) is 1.86. The van der Waals surface area contributed by atoms with Gasteiger partial charge in [-0.05, 0) is 49.1 Å². The van der Waals surface area contributed by atoms with Crippen molar-refractivity contribution in [3.63, 3.8) is 0 Å². The third-order valence-electron chi connectivity index (χ3n) is 3.49. The van der Waals surface area contributed by atoms with Crippen molar-refractivity contribution in [2.75, 3.05) is 0 Å². The number of rotatable bonds is 2. The van der Waals surface area contributed by atoms with E-state index in [0.717, 1.165) is 23.1 Å². The number of fused-ring (bicyclic) bond motifs is 3. The number of thiophene rings is 1. The van der Waals surface area contributed by atoms with Gasteiger partial charge < -0.3 is 4.74 Å². The number of nitrogens with zero attached hydrogens (tertiary/aromatic N) is 2. The fourth-order valence-electron chi connectivity index (χ4n) is 2.59. The maximum absolute atomic E-state index is 12.9. The molecule has 0 atom stereocenters. The lowest BCUT2D eigenvalue weighted by atomic mass is 10.2. The summed E-state index contributed by atoms with van der Waals surface area (Å²) in [7, 11) is 0. The molecule has 5 heteroatoms. The molecule has 0 saturated carbocycles. The Hall–Kier alpha value is -2.01. The first-order chi connectivity index (χ1) is 9.81.